The van der Waals surface area contributed by atoms with E-state index < -0.39 is 0 Å². The lowest BCUT2D eigenvalue weighted by atomic mass is 9.80. The molecule has 3 heteroatoms. The first-order valence-electron chi connectivity index (χ1n) is 8.10. The maximum atomic E-state index is 9.92. The predicted molar refractivity (Wildman–Crippen MR) is 86.5 cm³/mol. The van der Waals surface area contributed by atoms with Gasteiger partial charge in [-0.2, -0.15) is 0 Å². The summed E-state index contributed by atoms with van der Waals surface area (Å²) in [7, 11) is 3.86. The van der Waals surface area contributed by atoms with Gasteiger partial charge in [0.15, 0.2) is 0 Å². The Morgan fingerprint density at radius 2 is 1.90 bits per heavy atom. The van der Waals surface area contributed by atoms with Gasteiger partial charge in [-0.25, -0.2) is 0 Å². The SMILES string of the molecule is COc1cccc(CN(C)CC2(CO)CCCCCC2)c1. The van der Waals surface area contributed by atoms with E-state index in [1.54, 1.807) is 7.11 Å². The van der Waals surface area contributed by atoms with Crippen molar-refractivity contribution in [1.82, 2.24) is 4.90 Å². The van der Waals surface area contributed by atoms with Crippen molar-refractivity contribution in [2.24, 2.45) is 5.41 Å². The van der Waals surface area contributed by atoms with E-state index in [0.717, 1.165) is 31.7 Å². The van der Waals surface area contributed by atoms with Crippen LogP contribution in [0.5, 0.6) is 5.75 Å². The van der Waals surface area contributed by atoms with Gasteiger partial charge in [-0.15, -0.1) is 0 Å². The molecule has 0 heterocycles. The summed E-state index contributed by atoms with van der Waals surface area (Å²) in [6.45, 7) is 2.19. The lowest BCUT2D eigenvalue weighted by Crippen LogP contribution is -2.38. The van der Waals surface area contributed by atoms with Gasteiger partial charge in [0, 0.05) is 25.1 Å². The van der Waals surface area contributed by atoms with Crippen molar-refractivity contribution in [2.75, 3.05) is 27.3 Å². The lowest BCUT2D eigenvalue weighted by molar-refractivity contribution is 0.0663. The summed E-state index contributed by atoms with van der Waals surface area (Å²) in [5.41, 5.74) is 1.36. The largest absolute Gasteiger partial charge is 0.497 e. The third-order valence-electron chi connectivity index (χ3n) is 4.69. The Bertz CT molecular complexity index is 425. The standard InChI is InChI=1S/C18H29NO2/c1-19(13-16-8-7-9-17(12-16)21-2)14-18(15-20)10-5-3-4-6-11-18/h7-9,12,20H,3-6,10-11,13-15H2,1-2H3. The van der Waals surface area contributed by atoms with E-state index in [-0.39, 0.29) is 5.41 Å². The van der Waals surface area contributed by atoms with Crippen LogP contribution >= 0.6 is 0 Å². The lowest BCUT2D eigenvalue weighted by Gasteiger charge is -2.35. The molecule has 1 aromatic rings. The molecule has 0 aromatic heterocycles. The minimum Gasteiger partial charge on any atom is -0.497 e. The smallest absolute Gasteiger partial charge is 0.119 e. The monoisotopic (exact) mass is 291 g/mol. The van der Waals surface area contributed by atoms with Gasteiger partial charge in [-0.05, 0) is 37.6 Å². The first-order chi connectivity index (χ1) is 10.2. The van der Waals surface area contributed by atoms with Gasteiger partial charge in [0.2, 0.25) is 0 Å². The van der Waals surface area contributed by atoms with Gasteiger partial charge in [0.25, 0.3) is 0 Å². The molecule has 0 spiro atoms. The van der Waals surface area contributed by atoms with Crippen molar-refractivity contribution in [3.05, 3.63) is 29.8 Å². The van der Waals surface area contributed by atoms with Crippen LogP contribution in [0.3, 0.4) is 0 Å². The first kappa shape index (κ1) is 16.3. The molecule has 1 fully saturated rings. The van der Waals surface area contributed by atoms with Crippen LogP contribution in [0.2, 0.25) is 0 Å². The van der Waals surface area contributed by atoms with Crippen molar-refractivity contribution in [1.29, 1.82) is 0 Å². The van der Waals surface area contributed by atoms with E-state index in [0.29, 0.717) is 6.61 Å². The number of aliphatic hydroxyl groups is 1. The summed E-state index contributed by atoms with van der Waals surface area (Å²) in [6, 6.07) is 8.24. The molecule has 1 aromatic carbocycles. The summed E-state index contributed by atoms with van der Waals surface area (Å²) in [4.78, 5) is 2.34. The molecular formula is C18H29NO2. The van der Waals surface area contributed by atoms with E-state index >= 15 is 0 Å². The first-order valence-corrected chi connectivity index (χ1v) is 8.10. The number of hydrogen-bond acceptors (Lipinski definition) is 3. The van der Waals surface area contributed by atoms with Gasteiger partial charge in [0.1, 0.15) is 5.75 Å². The molecule has 118 valence electrons. The van der Waals surface area contributed by atoms with Crippen molar-refractivity contribution < 1.29 is 9.84 Å². The summed E-state index contributed by atoms with van der Waals surface area (Å²) in [6.07, 6.45) is 7.47. The van der Waals surface area contributed by atoms with Crippen LogP contribution in [0.25, 0.3) is 0 Å². The Morgan fingerprint density at radius 1 is 1.19 bits per heavy atom. The molecule has 0 unspecified atom stereocenters. The molecule has 0 bridgehead atoms. The summed E-state index contributed by atoms with van der Waals surface area (Å²) in [5.74, 6) is 0.909. The highest BCUT2D eigenvalue weighted by Gasteiger charge is 2.31. The van der Waals surface area contributed by atoms with E-state index in [9.17, 15) is 5.11 Å². The Hall–Kier alpha value is -1.06. The van der Waals surface area contributed by atoms with Crippen molar-refractivity contribution >= 4 is 0 Å². The van der Waals surface area contributed by atoms with Gasteiger partial charge < -0.3 is 14.7 Å². The van der Waals surface area contributed by atoms with Gasteiger partial charge in [0.05, 0.1) is 7.11 Å². The van der Waals surface area contributed by atoms with E-state index in [1.807, 2.05) is 12.1 Å². The zero-order valence-electron chi connectivity index (χ0n) is 13.5. The predicted octanol–water partition coefficient (Wildman–Crippen LogP) is 3.46. The summed E-state index contributed by atoms with van der Waals surface area (Å²) in [5, 5.41) is 9.92. The third kappa shape index (κ3) is 4.72. The highest BCUT2D eigenvalue weighted by atomic mass is 16.5. The average molecular weight is 291 g/mol. The molecule has 0 atom stereocenters. The van der Waals surface area contributed by atoms with Crippen molar-refractivity contribution in [2.45, 2.75) is 45.1 Å². The number of rotatable bonds is 6. The second-order valence-corrected chi connectivity index (χ2v) is 6.60. The third-order valence-corrected chi connectivity index (χ3v) is 4.69. The Kier molecular flexibility index (Phi) is 6.07. The molecule has 3 nitrogen and oxygen atoms in total. The van der Waals surface area contributed by atoms with Crippen LogP contribution in [0.1, 0.15) is 44.1 Å². The van der Waals surface area contributed by atoms with E-state index in [4.69, 9.17) is 4.74 Å². The van der Waals surface area contributed by atoms with Crippen LogP contribution in [0, 0.1) is 5.41 Å². The quantitative estimate of drug-likeness (QED) is 0.815. The molecule has 1 aliphatic carbocycles. The molecule has 1 N–H and O–H groups in total. The van der Waals surface area contributed by atoms with Crippen LogP contribution in [0.4, 0.5) is 0 Å². The normalized spacial score (nSPS) is 18.5. The van der Waals surface area contributed by atoms with Crippen LogP contribution in [-0.4, -0.2) is 37.3 Å². The fourth-order valence-electron chi connectivity index (χ4n) is 3.56. The molecule has 0 radical (unpaired) electrons. The van der Waals surface area contributed by atoms with Gasteiger partial charge in [-0.1, -0.05) is 37.8 Å². The number of aliphatic hydroxyl groups excluding tert-OH is 1. The van der Waals surface area contributed by atoms with Crippen LogP contribution in [0.15, 0.2) is 24.3 Å². The number of ether oxygens (including phenoxy) is 1. The zero-order valence-corrected chi connectivity index (χ0v) is 13.5. The fraction of sp³-hybridized carbons (Fsp3) is 0.667. The van der Waals surface area contributed by atoms with Crippen molar-refractivity contribution in [3.8, 4) is 5.75 Å². The molecule has 21 heavy (non-hydrogen) atoms. The molecular weight excluding hydrogens is 262 g/mol. The summed E-state index contributed by atoms with van der Waals surface area (Å²) >= 11 is 0. The number of hydrogen-bond donors (Lipinski definition) is 1. The Labute approximate surface area is 128 Å². The topological polar surface area (TPSA) is 32.7 Å². The maximum Gasteiger partial charge on any atom is 0.119 e. The summed E-state index contributed by atoms with van der Waals surface area (Å²) < 4.78 is 5.29. The van der Waals surface area contributed by atoms with Crippen molar-refractivity contribution in [3.63, 3.8) is 0 Å². The van der Waals surface area contributed by atoms with Crippen LogP contribution in [-0.2, 0) is 6.54 Å². The fourth-order valence-corrected chi connectivity index (χ4v) is 3.56. The molecule has 1 aliphatic rings. The zero-order chi connectivity index (χ0) is 15.1. The number of nitrogens with zero attached hydrogens (tertiary/aromatic N) is 1. The highest BCUT2D eigenvalue weighted by Crippen LogP contribution is 2.35. The molecule has 1 saturated carbocycles. The number of methoxy groups -OCH3 is 1. The second-order valence-electron chi connectivity index (χ2n) is 6.60. The van der Waals surface area contributed by atoms with Gasteiger partial charge in [-0.3, -0.25) is 0 Å². The molecule has 2 rings (SSSR count). The second kappa shape index (κ2) is 7.81. The molecule has 0 amide bonds. The van der Waals surface area contributed by atoms with E-state index in [2.05, 4.69) is 24.1 Å². The Morgan fingerprint density at radius 3 is 2.52 bits per heavy atom. The minimum atomic E-state index is 0.101. The maximum absolute atomic E-state index is 9.92. The van der Waals surface area contributed by atoms with Gasteiger partial charge >= 0.3 is 0 Å². The molecule has 0 saturated heterocycles. The van der Waals surface area contributed by atoms with E-state index in [1.165, 1.54) is 31.2 Å². The number of benzene rings is 1. The minimum absolute atomic E-state index is 0.101. The Balaban J connectivity index is 1.96. The van der Waals surface area contributed by atoms with Crippen LogP contribution < -0.4 is 4.74 Å². The molecule has 0 aliphatic heterocycles. The average Bonchev–Trinajstić information content (AvgIpc) is 2.73. The highest BCUT2D eigenvalue weighted by molar-refractivity contribution is 5.28.